The van der Waals surface area contributed by atoms with E-state index in [0.29, 0.717) is 12.8 Å². The lowest BCUT2D eigenvalue weighted by Crippen LogP contribution is -2.61. The van der Waals surface area contributed by atoms with Crippen molar-refractivity contribution < 1.29 is 49.3 Å². The average molecular weight is 1070 g/mol. The number of carbonyl (C=O) groups is 2. The third-order valence-corrected chi connectivity index (χ3v) is 14.3. The summed E-state index contributed by atoms with van der Waals surface area (Å²) in [5.41, 5.74) is 0. The van der Waals surface area contributed by atoms with E-state index >= 15 is 0 Å². The number of ether oxygens (including phenoxy) is 3. The smallest absolute Gasteiger partial charge is 0.306 e. The van der Waals surface area contributed by atoms with Crippen LogP contribution >= 0.6 is 0 Å². The zero-order chi connectivity index (χ0) is 55.4. The van der Waals surface area contributed by atoms with Crippen molar-refractivity contribution in [2.24, 2.45) is 0 Å². The van der Waals surface area contributed by atoms with Crippen LogP contribution in [0.2, 0.25) is 0 Å². The van der Waals surface area contributed by atoms with Gasteiger partial charge in [0.05, 0.1) is 25.4 Å². The Kier molecular flexibility index (Phi) is 49.4. The topological polar surface area (TPSA) is 175 Å². The summed E-state index contributed by atoms with van der Waals surface area (Å²) in [5, 5.41) is 57.0. The maximum atomic E-state index is 13.4. The van der Waals surface area contributed by atoms with Gasteiger partial charge in [-0.2, -0.15) is 0 Å². The number of unbranched alkanes of at least 4 members (excludes halogenated alkanes) is 28. The molecule has 76 heavy (non-hydrogen) atoms. The molecule has 1 rings (SSSR count). The van der Waals surface area contributed by atoms with Gasteiger partial charge in [-0.1, -0.05) is 241 Å². The zero-order valence-corrected chi connectivity index (χ0v) is 48.6. The molecule has 8 atom stereocenters. The molecule has 1 heterocycles. The Hall–Kier alpha value is -2.90. The summed E-state index contributed by atoms with van der Waals surface area (Å²) in [6, 6.07) is -1.03. The van der Waals surface area contributed by atoms with Crippen LogP contribution < -0.4 is 5.32 Å². The maximum Gasteiger partial charge on any atom is 0.306 e. The first kappa shape index (κ1) is 71.1. The summed E-state index contributed by atoms with van der Waals surface area (Å²) in [4.78, 5) is 26.5. The van der Waals surface area contributed by atoms with Gasteiger partial charge in [0.25, 0.3) is 0 Å². The second-order valence-electron chi connectivity index (χ2n) is 21.4. The third-order valence-electron chi connectivity index (χ3n) is 14.3. The summed E-state index contributed by atoms with van der Waals surface area (Å²) in [5.74, 6) is -1.21. The molecule has 1 amide bonds. The summed E-state index contributed by atoms with van der Waals surface area (Å²) in [7, 11) is 0. The second-order valence-corrected chi connectivity index (χ2v) is 21.4. The fourth-order valence-corrected chi connectivity index (χ4v) is 9.40. The number of hydrogen-bond donors (Lipinski definition) is 6. The largest absolute Gasteiger partial charge is 0.454 e. The van der Waals surface area contributed by atoms with Gasteiger partial charge in [0, 0.05) is 6.42 Å². The van der Waals surface area contributed by atoms with Crippen molar-refractivity contribution in [3.63, 3.8) is 0 Å². The second kappa shape index (κ2) is 52.8. The Bertz CT molecular complexity index is 1510. The standard InChI is InChI=1S/C65H115NO10/c1-4-7-10-13-16-19-22-25-27-28-29-30-31-32-34-37-40-43-46-49-52-58(69)64(73)66-56(57(68)51-48-45-42-39-36-33-24-21-18-15-12-9-6-3)55-74-65-63(62(72)61(71)59(54-67)75-65)76-60(70)53-50-47-44-41-38-35-26-23-20-17-14-11-8-5-2/h8,11,16-17,19-20,25,27,29-30,48,51,56-59,61-63,65,67-69,71-72H,4-7,9-10,12-15,18,21-24,26,28,31-47,49-50,52-55H2,1-3H3,(H,66,73)/b11-8+,19-16-,20-17+,27-25-,30-29-,51-48+. The van der Waals surface area contributed by atoms with Gasteiger partial charge in [-0.3, -0.25) is 9.59 Å². The Labute approximate surface area is 464 Å². The van der Waals surface area contributed by atoms with Crippen molar-refractivity contribution >= 4 is 11.9 Å². The molecular weight excluding hydrogens is 955 g/mol. The molecule has 0 radical (unpaired) electrons. The lowest BCUT2D eigenvalue weighted by molar-refractivity contribution is -0.305. The molecule has 11 heteroatoms. The molecule has 0 aromatic rings. The summed E-state index contributed by atoms with van der Waals surface area (Å²) < 4.78 is 17.6. The molecule has 0 aromatic heterocycles. The molecule has 0 saturated carbocycles. The Morgan fingerprint density at radius 1 is 0.526 bits per heavy atom. The van der Waals surface area contributed by atoms with Crippen LogP contribution in [0.25, 0.3) is 0 Å². The number of aliphatic hydroxyl groups excluding tert-OH is 5. The summed E-state index contributed by atoms with van der Waals surface area (Å²) in [6.45, 7) is 5.65. The monoisotopic (exact) mass is 1070 g/mol. The fraction of sp³-hybridized carbons (Fsp3) is 0.785. The van der Waals surface area contributed by atoms with Crippen molar-refractivity contribution in [3.05, 3.63) is 72.9 Å². The van der Waals surface area contributed by atoms with Crippen molar-refractivity contribution in [2.45, 2.75) is 314 Å². The summed E-state index contributed by atoms with van der Waals surface area (Å²) >= 11 is 0. The number of amides is 1. The normalized spacial score (nSPS) is 19.6. The molecule has 0 bridgehead atoms. The van der Waals surface area contributed by atoms with Gasteiger partial charge in [-0.15, -0.1) is 0 Å². The predicted molar refractivity (Wildman–Crippen MR) is 315 cm³/mol. The van der Waals surface area contributed by atoms with Crippen LogP contribution in [0.3, 0.4) is 0 Å². The van der Waals surface area contributed by atoms with E-state index in [9.17, 15) is 35.1 Å². The van der Waals surface area contributed by atoms with Crippen molar-refractivity contribution in [3.8, 4) is 0 Å². The van der Waals surface area contributed by atoms with E-state index in [-0.39, 0.29) is 19.4 Å². The minimum absolute atomic E-state index is 0.111. The Balaban J connectivity index is 2.69. The van der Waals surface area contributed by atoms with Crippen LogP contribution in [0.5, 0.6) is 0 Å². The van der Waals surface area contributed by atoms with Crippen LogP contribution in [-0.2, 0) is 23.8 Å². The van der Waals surface area contributed by atoms with Gasteiger partial charge in [0.15, 0.2) is 12.4 Å². The highest BCUT2D eigenvalue weighted by molar-refractivity contribution is 5.80. The fourth-order valence-electron chi connectivity index (χ4n) is 9.40. The number of allylic oxidation sites excluding steroid dienone is 11. The van der Waals surface area contributed by atoms with E-state index in [2.05, 4.69) is 86.8 Å². The number of aliphatic hydroxyl groups is 5. The van der Waals surface area contributed by atoms with Crippen LogP contribution in [0.15, 0.2) is 72.9 Å². The average Bonchev–Trinajstić information content (AvgIpc) is 3.42. The van der Waals surface area contributed by atoms with Gasteiger partial charge in [0.2, 0.25) is 5.91 Å². The van der Waals surface area contributed by atoms with Gasteiger partial charge in [-0.25, -0.2) is 0 Å². The molecule has 0 aromatic carbocycles. The third kappa shape index (κ3) is 40.3. The van der Waals surface area contributed by atoms with Crippen LogP contribution in [0.1, 0.15) is 265 Å². The molecule has 440 valence electrons. The SMILES string of the molecule is CC/C=C/C/C=C/CCCCCCCCCC(=O)OC1C(OCC(NC(=O)C(O)CCCCCCCCC/C=C\C/C=C\C/C=C\CCCCC)C(O)/C=C/CCCCCCCCCCCCC)OC(CO)C(O)C1O. The quantitative estimate of drug-likeness (QED) is 0.0195. The zero-order valence-electron chi connectivity index (χ0n) is 48.6. The molecule has 11 nitrogen and oxygen atoms in total. The van der Waals surface area contributed by atoms with Crippen LogP contribution in [0.4, 0.5) is 0 Å². The van der Waals surface area contributed by atoms with Crippen LogP contribution in [-0.4, -0.2) is 99.6 Å². The molecule has 0 aliphatic carbocycles. The minimum Gasteiger partial charge on any atom is -0.454 e. The van der Waals surface area contributed by atoms with Gasteiger partial charge in [-0.05, 0) is 89.9 Å². The van der Waals surface area contributed by atoms with E-state index in [1.54, 1.807) is 6.08 Å². The van der Waals surface area contributed by atoms with Crippen LogP contribution in [0, 0.1) is 0 Å². The van der Waals surface area contributed by atoms with Gasteiger partial charge >= 0.3 is 5.97 Å². The number of rotatable bonds is 52. The van der Waals surface area contributed by atoms with E-state index in [1.165, 1.54) is 109 Å². The van der Waals surface area contributed by atoms with Gasteiger partial charge in [0.1, 0.15) is 24.4 Å². The first-order valence-corrected chi connectivity index (χ1v) is 31.2. The molecule has 1 fully saturated rings. The highest BCUT2D eigenvalue weighted by Crippen LogP contribution is 2.26. The van der Waals surface area contributed by atoms with Gasteiger partial charge < -0.3 is 45.1 Å². The summed E-state index contributed by atoms with van der Waals surface area (Å²) in [6.07, 6.45) is 56.5. The Morgan fingerprint density at radius 2 is 0.947 bits per heavy atom. The van der Waals surface area contributed by atoms with Crippen molar-refractivity contribution in [1.29, 1.82) is 0 Å². The van der Waals surface area contributed by atoms with Crippen molar-refractivity contribution in [1.82, 2.24) is 5.32 Å². The maximum absolute atomic E-state index is 13.4. The van der Waals surface area contributed by atoms with E-state index in [0.717, 1.165) is 109 Å². The molecular formula is C65H115NO10. The molecule has 1 saturated heterocycles. The number of carbonyl (C=O) groups excluding carboxylic acids is 2. The number of hydrogen-bond acceptors (Lipinski definition) is 10. The molecule has 1 aliphatic heterocycles. The van der Waals surface area contributed by atoms with Crippen molar-refractivity contribution in [2.75, 3.05) is 13.2 Å². The molecule has 6 N–H and O–H groups in total. The first-order valence-electron chi connectivity index (χ1n) is 31.2. The number of esters is 1. The van der Waals surface area contributed by atoms with E-state index in [4.69, 9.17) is 14.2 Å². The first-order chi connectivity index (χ1) is 37.2. The lowest BCUT2D eigenvalue weighted by atomic mass is 9.99. The minimum atomic E-state index is -1.62. The highest BCUT2D eigenvalue weighted by atomic mass is 16.7. The molecule has 1 aliphatic rings. The van der Waals surface area contributed by atoms with E-state index in [1.807, 2.05) is 6.08 Å². The Morgan fingerprint density at radius 3 is 1.45 bits per heavy atom. The highest BCUT2D eigenvalue weighted by Gasteiger charge is 2.47. The molecule has 8 unspecified atom stereocenters. The number of nitrogens with one attached hydrogen (secondary N) is 1. The predicted octanol–water partition coefficient (Wildman–Crippen LogP) is 14.8. The molecule has 0 spiro atoms. The lowest BCUT2D eigenvalue weighted by Gasteiger charge is -2.41. The van der Waals surface area contributed by atoms with E-state index < -0.39 is 67.4 Å².